The highest BCUT2D eigenvalue weighted by molar-refractivity contribution is 5.85. The average molecular weight is 339 g/mol. The Labute approximate surface area is 147 Å². The van der Waals surface area contributed by atoms with Gasteiger partial charge in [-0.3, -0.25) is 10.3 Å². The molecule has 5 bridgehead atoms. The molecule has 25 heavy (non-hydrogen) atoms. The molecule has 10 atom stereocenters. The fourth-order valence-corrected chi connectivity index (χ4v) is 7.78. The van der Waals surface area contributed by atoms with Gasteiger partial charge in [-0.05, 0) is 36.8 Å². The molecule has 1 saturated carbocycles. The molecule has 1 aromatic carbocycles. The molecule has 1 spiro atoms. The van der Waals surface area contributed by atoms with Crippen molar-refractivity contribution in [2.24, 2.45) is 17.8 Å². The van der Waals surface area contributed by atoms with E-state index in [1.807, 2.05) is 6.07 Å². The first-order chi connectivity index (χ1) is 12.1. The maximum absolute atomic E-state index is 11.6. The Morgan fingerprint density at radius 2 is 2.08 bits per heavy atom. The van der Waals surface area contributed by atoms with E-state index in [0.29, 0.717) is 5.92 Å². The van der Waals surface area contributed by atoms with Gasteiger partial charge >= 0.3 is 0 Å². The number of rotatable bonds is 2. The predicted molar refractivity (Wildman–Crippen MR) is 94.6 cm³/mol. The van der Waals surface area contributed by atoms with Crippen molar-refractivity contribution < 1.29 is 10.2 Å². The van der Waals surface area contributed by atoms with Crippen LogP contribution in [0.3, 0.4) is 0 Å². The van der Waals surface area contributed by atoms with Crippen LogP contribution in [0.15, 0.2) is 24.3 Å². The average Bonchev–Trinajstić information content (AvgIpc) is 3.04. The summed E-state index contributed by atoms with van der Waals surface area (Å²) >= 11 is 0. The van der Waals surface area contributed by atoms with Crippen LogP contribution in [0.5, 0.6) is 0 Å². The van der Waals surface area contributed by atoms with Gasteiger partial charge in [0, 0.05) is 35.0 Å². The molecular formula is C20H25N3O2. The largest absolute Gasteiger partial charge is 0.392 e. The van der Waals surface area contributed by atoms with Crippen LogP contribution < -0.4 is 4.90 Å². The highest BCUT2D eigenvalue weighted by Gasteiger charge is 2.76. The second-order valence-electron chi connectivity index (χ2n) is 8.73. The van der Waals surface area contributed by atoms with Crippen molar-refractivity contribution >= 4 is 12.0 Å². The smallest absolute Gasteiger partial charge is 0.111 e. The summed E-state index contributed by atoms with van der Waals surface area (Å²) in [5, 5.41) is 30.7. The Kier molecular flexibility index (Phi) is 2.62. The molecule has 5 aliphatic heterocycles. The molecule has 1 unspecified atom stereocenters. The van der Waals surface area contributed by atoms with Crippen molar-refractivity contribution in [3.63, 3.8) is 0 Å². The van der Waals surface area contributed by atoms with Crippen LogP contribution in [0.25, 0.3) is 0 Å². The van der Waals surface area contributed by atoms with Crippen LogP contribution in [0.2, 0.25) is 0 Å². The van der Waals surface area contributed by atoms with E-state index >= 15 is 0 Å². The second kappa shape index (κ2) is 4.45. The minimum atomic E-state index is -0.394. The van der Waals surface area contributed by atoms with Crippen LogP contribution in [0, 0.1) is 23.2 Å². The number of fused-ring (bicyclic) bond motifs is 2. The Bertz CT molecular complexity index is 769. The van der Waals surface area contributed by atoms with E-state index in [-0.39, 0.29) is 41.5 Å². The first-order valence-electron chi connectivity index (χ1n) is 9.67. The topological polar surface area (TPSA) is 70.8 Å². The standard InChI is InChI=1S/C20H25N3O2/c1-2-10-11-7-14-17-20(12-5-3-4-6-13(12)22(17)9-21)8-15(16(11)18(20)24)23(14)19(10)25/h3-6,9-11,14-19,21,24-25H,2,7-8H2,1H3/t10-,11-,14-,15-,16-,17-,18+,19+,20-/m0/s1. The molecule has 5 fully saturated rings. The molecular weight excluding hydrogens is 314 g/mol. The van der Waals surface area contributed by atoms with Gasteiger partial charge in [0.05, 0.1) is 18.5 Å². The quantitative estimate of drug-likeness (QED) is 0.565. The third-order valence-electron chi connectivity index (χ3n) is 8.38. The lowest BCUT2D eigenvalue weighted by Crippen LogP contribution is -2.72. The van der Waals surface area contributed by atoms with E-state index in [1.165, 1.54) is 11.9 Å². The van der Waals surface area contributed by atoms with E-state index in [1.54, 1.807) is 0 Å². The lowest BCUT2D eigenvalue weighted by atomic mass is 9.62. The Balaban J connectivity index is 1.61. The number of hydrogen-bond donors (Lipinski definition) is 3. The number of nitrogens with zero attached hydrogens (tertiary/aromatic N) is 2. The van der Waals surface area contributed by atoms with E-state index in [4.69, 9.17) is 5.41 Å². The lowest BCUT2D eigenvalue weighted by Gasteiger charge is -2.62. The minimum absolute atomic E-state index is 0.0658. The number of piperidine rings is 4. The van der Waals surface area contributed by atoms with Gasteiger partial charge in [-0.25, -0.2) is 0 Å². The van der Waals surface area contributed by atoms with E-state index in [0.717, 1.165) is 24.9 Å². The van der Waals surface area contributed by atoms with Crippen molar-refractivity contribution in [3.8, 4) is 0 Å². The van der Waals surface area contributed by atoms with E-state index in [2.05, 4.69) is 34.9 Å². The van der Waals surface area contributed by atoms with Crippen molar-refractivity contribution in [2.75, 3.05) is 4.90 Å². The maximum atomic E-state index is 11.6. The van der Waals surface area contributed by atoms with Gasteiger partial charge in [0.1, 0.15) is 6.23 Å². The summed E-state index contributed by atoms with van der Waals surface area (Å²) in [6.07, 6.45) is 3.58. The predicted octanol–water partition coefficient (Wildman–Crippen LogP) is 1.53. The normalized spacial score (nSPS) is 53.9. The van der Waals surface area contributed by atoms with Gasteiger partial charge < -0.3 is 15.1 Å². The van der Waals surface area contributed by atoms with Gasteiger partial charge in [-0.1, -0.05) is 25.1 Å². The zero-order valence-electron chi connectivity index (χ0n) is 14.4. The summed E-state index contributed by atoms with van der Waals surface area (Å²) in [6.45, 7) is 2.16. The number of hydrogen-bond acceptors (Lipinski definition) is 4. The Morgan fingerprint density at radius 3 is 2.84 bits per heavy atom. The molecule has 5 nitrogen and oxygen atoms in total. The van der Waals surface area contributed by atoms with E-state index < -0.39 is 6.23 Å². The molecule has 5 heteroatoms. The maximum Gasteiger partial charge on any atom is 0.111 e. The number of nitrogens with one attached hydrogen (secondary N) is 1. The SMILES string of the molecule is CC[C@H]1[C@@H]2C[C@H]3[C@@H]4N(C=N)c5ccccc5[C@@]45C[C@@H]([C@H]2[C@H]5O)N3[C@@H]1O. The third-order valence-corrected chi connectivity index (χ3v) is 8.38. The number of aliphatic hydroxyl groups excluding tert-OH is 2. The van der Waals surface area contributed by atoms with Gasteiger partial charge in [0.2, 0.25) is 0 Å². The van der Waals surface area contributed by atoms with Crippen molar-refractivity contribution in [3.05, 3.63) is 29.8 Å². The number of aliphatic hydroxyl groups is 2. The summed E-state index contributed by atoms with van der Waals surface area (Å²) in [5.41, 5.74) is 2.02. The van der Waals surface area contributed by atoms with Gasteiger partial charge in [0.15, 0.2) is 0 Å². The molecule has 1 aromatic rings. The lowest BCUT2D eigenvalue weighted by molar-refractivity contribution is -0.211. The van der Waals surface area contributed by atoms with Crippen molar-refractivity contribution in [2.45, 2.75) is 62.1 Å². The number of para-hydroxylation sites is 1. The summed E-state index contributed by atoms with van der Waals surface area (Å²) in [4.78, 5) is 4.41. The molecule has 5 heterocycles. The van der Waals surface area contributed by atoms with Gasteiger partial charge in [-0.15, -0.1) is 0 Å². The number of benzene rings is 1. The van der Waals surface area contributed by atoms with Crippen LogP contribution in [0.1, 0.15) is 31.7 Å². The third kappa shape index (κ3) is 1.34. The molecule has 0 aromatic heterocycles. The zero-order chi connectivity index (χ0) is 17.1. The molecule has 4 saturated heterocycles. The number of anilines is 1. The second-order valence-corrected chi connectivity index (χ2v) is 8.73. The minimum Gasteiger partial charge on any atom is -0.392 e. The van der Waals surface area contributed by atoms with Crippen LogP contribution in [0.4, 0.5) is 5.69 Å². The fraction of sp³-hybridized carbons (Fsp3) is 0.650. The summed E-state index contributed by atoms with van der Waals surface area (Å²) in [6, 6.07) is 8.90. The molecule has 1 aliphatic carbocycles. The molecule has 7 rings (SSSR count). The first kappa shape index (κ1) is 14.7. The monoisotopic (exact) mass is 339 g/mol. The molecule has 0 amide bonds. The van der Waals surface area contributed by atoms with Crippen LogP contribution in [-0.4, -0.2) is 51.9 Å². The summed E-state index contributed by atoms with van der Waals surface area (Å²) in [7, 11) is 0. The highest BCUT2D eigenvalue weighted by Crippen LogP contribution is 2.68. The Hall–Kier alpha value is -1.43. The fourth-order valence-electron chi connectivity index (χ4n) is 7.78. The Morgan fingerprint density at radius 1 is 1.28 bits per heavy atom. The van der Waals surface area contributed by atoms with Crippen molar-refractivity contribution in [1.82, 2.24) is 4.90 Å². The van der Waals surface area contributed by atoms with E-state index in [9.17, 15) is 10.2 Å². The van der Waals surface area contributed by atoms with Gasteiger partial charge in [-0.2, -0.15) is 0 Å². The molecule has 132 valence electrons. The highest BCUT2D eigenvalue weighted by atomic mass is 16.3. The molecule has 0 radical (unpaired) electrons. The molecule has 3 N–H and O–H groups in total. The van der Waals surface area contributed by atoms with Crippen LogP contribution in [-0.2, 0) is 5.41 Å². The molecule has 6 aliphatic rings. The summed E-state index contributed by atoms with van der Waals surface area (Å²) in [5.74, 6) is 0.929. The van der Waals surface area contributed by atoms with Gasteiger partial charge in [0.25, 0.3) is 0 Å². The van der Waals surface area contributed by atoms with Crippen molar-refractivity contribution in [1.29, 1.82) is 5.41 Å². The zero-order valence-corrected chi connectivity index (χ0v) is 14.4. The van der Waals surface area contributed by atoms with Crippen LogP contribution >= 0.6 is 0 Å². The first-order valence-corrected chi connectivity index (χ1v) is 9.67. The summed E-state index contributed by atoms with van der Waals surface area (Å²) < 4.78 is 0.